The van der Waals surface area contributed by atoms with Crippen LogP contribution in [0.1, 0.15) is 40.0 Å². The van der Waals surface area contributed by atoms with Crippen molar-refractivity contribution in [1.82, 2.24) is 10.2 Å². The molecule has 9 heteroatoms. The van der Waals surface area contributed by atoms with Crippen LogP contribution in [0.15, 0.2) is 0 Å². The van der Waals surface area contributed by atoms with E-state index in [1.165, 1.54) is 18.7 Å². The number of likely N-dealkylation sites (tertiary alicyclic amines) is 1. The van der Waals surface area contributed by atoms with Crippen LogP contribution in [0.25, 0.3) is 0 Å². The number of aliphatic hydroxyl groups excluding tert-OH is 4. The Hall–Kier alpha value is -0.420. The lowest BCUT2D eigenvalue weighted by molar-refractivity contribution is -0.211. The van der Waals surface area contributed by atoms with Gasteiger partial charge in [0.1, 0.15) is 29.9 Å². The van der Waals surface area contributed by atoms with Gasteiger partial charge in [-0.15, -0.1) is 11.8 Å². The lowest BCUT2D eigenvalue weighted by Gasteiger charge is -2.44. The summed E-state index contributed by atoms with van der Waals surface area (Å²) in [6.45, 7) is 7.31. The molecule has 9 atom stereocenters. The van der Waals surface area contributed by atoms with Gasteiger partial charge in [-0.1, -0.05) is 20.3 Å². The maximum atomic E-state index is 13.0. The van der Waals surface area contributed by atoms with E-state index in [4.69, 9.17) is 4.74 Å². The SMILES string of the molecule is CCC[C@@H]1C[C@@H](C(=O)N[C@@H]([C@H]2O[C@H](SC)[C@H](O)[C@@H](O)[C@H]2O)[C@@H](C)O)N(CC)C1. The highest BCUT2D eigenvalue weighted by Crippen LogP contribution is 2.30. The molecular weight excluding hydrogens is 384 g/mol. The Morgan fingerprint density at radius 3 is 2.46 bits per heavy atom. The van der Waals surface area contributed by atoms with E-state index in [-0.39, 0.29) is 11.9 Å². The molecule has 2 fully saturated rings. The van der Waals surface area contributed by atoms with Gasteiger partial charge in [0.05, 0.1) is 18.2 Å². The second-order valence-corrected chi connectivity index (χ2v) is 8.88. The minimum Gasteiger partial charge on any atom is -0.391 e. The van der Waals surface area contributed by atoms with Gasteiger partial charge in [-0.2, -0.15) is 0 Å². The number of nitrogens with one attached hydrogen (secondary N) is 1. The number of carbonyl (C=O) groups excluding carboxylic acids is 1. The predicted molar refractivity (Wildman–Crippen MR) is 108 cm³/mol. The van der Waals surface area contributed by atoms with E-state index in [1.807, 2.05) is 6.92 Å². The Bertz CT molecular complexity index is 509. The average Bonchev–Trinajstić information content (AvgIpc) is 3.08. The molecule has 0 spiro atoms. The van der Waals surface area contributed by atoms with Crippen molar-refractivity contribution in [2.75, 3.05) is 19.3 Å². The van der Waals surface area contributed by atoms with Crippen LogP contribution in [0.2, 0.25) is 0 Å². The van der Waals surface area contributed by atoms with Gasteiger partial charge in [-0.25, -0.2) is 0 Å². The lowest BCUT2D eigenvalue weighted by Crippen LogP contribution is -2.65. The molecule has 0 unspecified atom stereocenters. The number of hydrogen-bond acceptors (Lipinski definition) is 8. The second-order valence-electron chi connectivity index (χ2n) is 7.95. The van der Waals surface area contributed by atoms with E-state index in [9.17, 15) is 25.2 Å². The minimum atomic E-state index is -1.42. The van der Waals surface area contributed by atoms with Crippen molar-refractivity contribution in [2.24, 2.45) is 5.92 Å². The summed E-state index contributed by atoms with van der Waals surface area (Å²) in [6.07, 6.45) is -1.47. The standard InChI is InChI=1S/C19H36N2O6S/c1-5-7-11-8-12(21(6-2)9-11)18(26)20-13(10(3)22)17-15(24)14(23)16(25)19(27-17)28-4/h10-17,19,22-25H,5-9H2,1-4H3,(H,20,26)/t10-,11-,12+,13-,14+,15-,16-,17-,19-/m1/s1. The van der Waals surface area contributed by atoms with E-state index >= 15 is 0 Å². The number of likely N-dealkylation sites (N-methyl/N-ethyl adjacent to an activating group) is 1. The van der Waals surface area contributed by atoms with E-state index in [2.05, 4.69) is 17.1 Å². The summed E-state index contributed by atoms with van der Waals surface area (Å²) in [5, 5.41) is 43.7. The maximum Gasteiger partial charge on any atom is 0.237 e. The van der Waals surface area contributed by atoms with Crippen LogP contribution in [0.4, 0.5) is 0 Å². The summed E-state index contributed by atoms with van der Waals surface area (Å²) >= 11 is 1.20. The molecule has 0 aromatic carbocycles. The molecule has 0 aromatic heterocycles. The first-order chi connectivity index (χ1) is 13.2. The third-order valence-electron chi connectivity index (χ3n) is 5.92. The Kier molecular flexibility index (Phi) is 9.00. The molecule has 2 rings (SSSR count). The summed E-state index contributed by atoms with van der Waals surface area (Å²) in [5.41, 5.74) is -0.755. The van der Waals surface area contributed by atoms with Gasteiger partial charge in [-0.05, 0) is 38.5 Å². The van der Waals surface area contributed by atoms with Crippen LogP contribution in [0.3, 0.4) is 0 Å². The van der Waals surface area contributed by atoms with Crippen LogP contribution in [-0.2, 0) is 9.53 Å². The van der Waals surface area contributed by atoms with Crippen molar-refractivity contribution in [3.05, 3.63) is 0 Å². The molecular formula is C19H36N2O6S. The fraction of sp³-hybridized carbons (Fsp3) is 0.947. The average molecular weight is 421 g/mol. The first-order valence-electron chi connectivity index (χ1n) is 10.2. The van der Waals surface area contributed by atoms with E-state index in [1.54, 1.807) is 6.26 Å². The lowest BCUT2D eigenvalue weighted by atomic mass is 9.92. The molecule has 28 heavy (non-hydrogen) atoms. The molecule has 0 saturated carbocycles. The summed E-state index contributed by atoms with van der Waals surface area (Å²) in [7, 11) is 0. The zero-order valence-electron chi connectivity index (χ0n) is 17.2. The fourth-order valence-electron chi connectivity index (χ4n) is 4.34. The Labute approximate surface area is 171 Å². The van der Waals surface area contributed by atoms with Crippen LogP contribution < -0.4 is 5.32 Å². The molecule has 1 amide bonds. The quantitative estimate of drug-likeness (QED) is 0.357. The summed E-state index contributed by atoms with van der Waals surface area (Å²) in [6, 6.07) is -1.18. The van der Waals surface area contributed by atoms with Crippen molar-refractivity contribution >= 4 is 17.7 Å². The molecule has 164 valence electrons. The Morgan fingerprint density at radius 2 is 1.93 bits per heavy atom. The predicted octanol–water partition coefficient (Wildman–Crippen LogP) is -0.467. The number of carbonyl (C=O) groups is 1. The Morgan fingerprint density at radius 1 is 1.25 bits per heavy atom. The second kappa shape index (κ2) is 10.6. The van der Waals surface area contributed by atoms with Crippen molar-refractivity contribution in [3.63, 3.8) is 0 Å². The highest BCUT2D eigenvalue weighted by molar-refractivity contribution is 7.99. The maximum absolute atomic E-state index is 13.0. The third kappa shape index (κ3) is 5.19. The van der Waals surface area contributed by atoms with Crippen LogP contribution in [0, 0.1) is 5.92 Å². The van der Waals surface area contributed by atoms with Gasteiger partial charge in [0, 0.05) is 6.54 Å². The van der Waals surface area contributed by atoms with Gasteiger partial charge < -0.3 is 30.5 Å². The molecule has 2 aliphatic rings. The molecule has 0 aliphatic carbocycles. The van der Waals surface area contributed by atoms with Gasteiger partial charge in [-0.3, -0.25) is 9.69 Å². The summed E-state index contributed by atoms with van der Waals surface area (Å²) in [5.74, 6) is 0.267. The van der Waals surface area contributed by atoms with Gasteiger partial charge in [0.2, 0.25) is 5.91 Å². The van der Waals surface area contributed by atoms with Crippen LogP contribution in [-0.4, -0.2) is 98.6 Å². The molecule has 2 heterocycles. The molecule has 0 bridgehead atoms. The summed E-state index contributed by atoms with van der Waals surface area (Å²) < 4.78 is 5.75. The number of nitrogens with zero attached hydrogens (tertiary/aromatic N) is 1. The largest absolute Gasteiger partial charge is 0.391 e. The highest BCUT2D eigenvalue weighted by atomic mass is 32.2. The fourth-order valence-corrected chi connectivity index (χ4v) is 5.02. The molecule has 8 nitrogen and oxygen atoms in total. The number of aliphatic hydroxyl groups is 4. The molecule has 2 saturated heterocycles. The molecule has 5 N–H and O–H groups in total. The number of ether oxygens (including phenoxy) is 1. The zero-order chi connectivity index (χ0) is 21.0. The molecule has 2 aliphatic heterocycles. The summed E-state index contributed by atoms with van der Waals surface area (Å²) in [4.78, 5) is 15.1. The van der Waals surface area contributed by atoms with Gasteiger partial charge in [0.15, 0.2) is 0 Å². The number of amides is 1. The molecule has 0 radical (unpaired) electrons. The Balaban J connectivity index is 2.12. The number of rotatable bonds is 8. The van der Waals surface area contributed by atoms with E-state index in [0.29, 0.717) is 5.92 Å². The van der Waals surface area contributed by atoms with Crippen LogP contribution >= 0.6 is 11.8 Å². The zero-order valence-corrected chi connectivity index (χ0v) is 18.0. The number of hydrogen-bond donors (Lipinski definition) is 5. The van der Waals surface area contributed by atoms with Gasteiger partial charge >= 0.3 is 0 Å². The topological polar surface area (TPSA) is 122 Å². The highest BCUT2D eigenvalue weighted by Gasteiger charge is 2.48. The smallest absolute Gasteiger partial charge is 0.237 e. The normalized spacial score (nSPS) is 38.9. The number of thioether (sulfide) groups is 1. The van der Waals surface area contributed by atoms with Crippen molar-refractivity contribution in [2.45, 2.75) is 88.1 Å². The third-order valence-corrected chi connectivity index (χ3v) is 6.77. The minimum absolute atomic E-state index is 0.205. The van der Waals surface area contributed by atoms with Crippen molar-refractivity contribution in [3.8, 4) is 0 Å². The first kappa shape index (κ1) is 23.9. The van der Waals surface area contributed by atoms with E-state index in [0.717, 1.165) is 32.4 Å². The molecule has 0 aromatic rings. The van der Waals surface area contributed by atoms with E-state index < -0.39 is 42.0 Å². The monoisotopic (exact) mass is 420 g/mol. The van der Waals surface area contributed by atoms with Crippen LogP contribution in [0.5, 0.6) is 0 Å². The van der Waals surface area contributed by atoms with Gasteiger partial charge in [0.25, 0.3) is 0 Å². The first-order valence-corrected chi connectivity index (χ1v) is 11.5. The van der Waals surface area contributed by atoms with Crippen molar-refractivity contribution in [1.29, 1.82) is 0 Å². The van der Waals surface area contributed by atoms with Crippen molar-refractivity contribution < 1.29 is 30.0 Å².